The molecule has 4 aromatic carbocycles. The van der Waals surface area contributed by atoms with Crippen LogP contribution in [-0.2, 0) is 35.1 Å². The Morgan fingerprint density at radius 3 is 2.26 bits per heavy atom. The summed E-state index contributed by atoms with van der Waals surface area (Å²) in [6.45, 7) is 10.2. The molecule has 0 spiro atoms. The van der Waals surface area contributed by atoms with Gasteiger partial charge in [0.2, 0.25) is 5.69 Å². The number of carbonyl (C=O) groups excluding carboxylic acids is 1. The van der Waals surface area contributed by atoms with Gasteiger partial charge in [0.15, 0.2) is 5.71 Å². The van der Waals surface area contributed by atoms with E-state index in [-0.39, 0.29) is 24.5 Å². The number of aromatic nitrogens is 1. The van der Waals surface area contributed by atoms with Gasteiger partial charge >= 0.3 is 5.97 Å². The second-order valence-electron chi connectivity index (χ2n) is 17.7. The minimum atomic E-state index is -4.18. The number of amides is 1. The fraction of sp³-hybridized carbons (Fsp3) is 0.333. The maximum Gasteiger partial charge on any atom is 0.303 e. The van der Waals surface area contributed by atoms with Crippen molar-refractivity contribution in [3.05, 3.63) is 144 Å². The fourth-order valence-corrected chi connectivity index (χ4v) is 10.3. The van der Waals surface area contributed by atoms with Crippen LogP contribution in [0.4, 0.5) is 11.4 Å². The zero-order valence-corrected chi connectivity index (χ0v) is 39.3. The lowest BCUT2D eigenvalue weighted by atomic mass is 9.79. The van der Waals surface area contributed by atoms with Gasteiger partial charge in [0, 0.05) is 90.0 Å². The van der Waals surface area contributed by atoms with Gasteiger partial charge in [-0.3, -0.25) is 19.1 Å². The number of anilines is 1. The van der Waals surface area contributed by atoms with Gasteiger partial charge in [0.25, 0.3) is 16.0 Å². The van der Waals surface area contributed by atoms with Crippen LogP contribution in [0.5, 0.6) is 0 Å². The van der Waals surface area contributed by atoms with Crippen LogP contribution in [0.15, 0.2) is 121 Å². The molecule has 15 heteroatoms. The van der Waals surface area contributed by atoms with Crippen molar-refractivity contribution >= 4 is 78.2 Å². The van der Waals surface area contributed by atoms with Gasteiger partial charge in [-0.15, -0.1) is 4.33 Å². The van der Waals surface area contributed by atoms with E-state index >= 15 is 0 Å². The van der Waals surface area contributed by atoms with E-state index in [2.05, 4.69) is 125 Å². The third kappa shape index (κ3) is 10.8. The standard InChI is InChI=1S/C51H56N4O9S2/c1-50(2)44(54(30-12-32-65-64-63-59)42-25-20-35-14-7-9-16-39(35)47(42)50)27-22-37(41-24-19-38(34-53-41)49(58)52-29-11-5-6-18-46(56)57)23-28-45-51(3,4)48-40-17-10-8-15-36(40)21-26-43(48)55(45)31-13-33-66(60,61)62/h7-10,14-17,19-28,34H,5-6,11-13,18,29-33H2,1-4H3,(H3-,52,56,57,58,59,60,61,62)/p+1. The second kappa shape index (κ2) is 20.9. The number of nitrogens with zero attached hydrogens (tertiary/aromatic N) is 3. The van der Waals surface area contributed by atoms with Crippen molar-refractivity contribution in [1.82, 2.24) is 10.3 Å². The first kappa shape index (κ1) is 48.3. The predicted octanol–water partition coefficient (Wildman–Crippen LogP) is 10.2. The normalized spacial score (nSPS) is 16.2. The Hall–Kier alpha value is -5.68. The second-order valence-corrected chi connectivity index (χ2v) is 20.0. The molecule has 0 bridgehead atoms. The Kier molecular flexibility index (Phi) is 15.3. The lowest BCUT2D eigenvalue weighted by Crippen LogP contribution is -2.28. The Labute approximate surface area is 390 Å². The molecule has 0 radical (unpaired) electrons. The smallest absolute Gasteiger partial charge is 0.303 e. The summed E-state index contributed by atoms with van der Waals surface area (Å²) in [5.74, 6) is -0.909. The van der Waals surface area contributed by atoms with Crippen molar-refractivity contribution in [2.75, 3.05) is 36.0 Å². The molecule has 1 amide bonds. The highest BCUT2D eigenvalue weighted by Gasteiger charge is 2.46. The van der Waals surface area contributed by atoms with Gasteiger partial charge < -0.3 is 15.3 Å². The zero-order valence-electron chi connectivity index (χ0n) is 37.7. The molecule has 66 heavy (non-hydrogen) atoms. The van der Waals surface area contributed by atoms with E-state index < -0.39 is 26.9 Å². The van der Waals surface area contributed by atoms with Crippen LogP contribution >= 0.6 is 12.0 Å². The number of nitrogens with one attached hydrogen (secondary N) is 1. The molecule has 346 valence electrons. The van der Waals surface area contributed by atoms with Crippen LogP contribution < -0.4 is 10.2 Å². The van der Waals surface area contributed by atoms with Crippen molar-refractivity contribution in [1.29, 1.82) is 0 Å². The number of hydrogen-bond acceptors (Lipinski definition) is 10. The molecular weight excluding hydrogens is 877 g/mol. The molecule has 5 aromatic rings. The Morgan fingerprint density at radius 2 is 1.58 bits per heavy atom. The zero-order chi connectivity index (χ0) is 47.1. The van der Waals surface area contributed by atoms with E-state index in [9.17, 15) is 22.6 Å². The van der Waals surface area contributed by atoms with Crippen LogP contribution in [0.1, 0.15) is 93.4 Å². The minimum Gasteiger partial charge on any atom is -0.481 e. The number of pyridine rings is 1. The third-order valence-electron chi connectivity index (χ3n) is 12.5. The number of carboxylic acid groups (broad SMARTS) is 1. The number of benzene rings is 4. The molecule has 2 aliphatic heterocycles. The molecule has 3 heterocycles. The van der Waals surface area contributed by atoms with Crippen LogP contribution in [0.25, 0.3) is 27.1 Å². The third-order valence-corrected chi connectivity index (χ3v) is 13.9. The summed E-state index contributed by atoms with van der Waals surface area (Å²) < 4.78 is 40.3. The topological polar surface area (TPSA) is 179 Å². The van der Waals surface area contributed by atoms with E-state index in [0.717, 1.165) is 62.1 Å². The number of allylic oxidation sites excluding steroid dienone is 6. The van der Waals surface area contributed by atoms with Gasteiger partial charge in [-0.05, 0) is 96.6 Å². The largest absolute Gasteiger partial charge is 0.481 e. The van der Waals surface area contributed by atoms with Crippen molar-refractivity contribution in [2.24, 2.45) is 0 Å². The Bertz CT molecular complexity index is 2850. The van der Waals surface area contributed by atoms with Gasteiger partial charge in [-0.25, -0.2) is 5.26 Å². The molecular formula is C51H57N4O9S2+. The Morgan fingerprint density at radius 1 is 0.864 bits per heavy atom. The first-order valence-corrected chi connectivity index (χ1v) is 24.7. The fourth-order valence-electron chi connectivity index (χ4n) is 9.44. The maximum absolute atomic E-state index is 13.2. The van der Waals surface area contributed by atoms with Gasteiger partial charge in [0.1, 0.15) is 6.54 Å². The van der Waals surface area contributed by atoms with E-state index in [1.165, 1.54) is 10.9 Å². The monoisotopic (exact) mass is 933 g/mol. The molecule has 0 atom stereocenters. The average molecular weight is 934 g/mol. The van der Waals surface area contributed by atoms with Crippen LogP contribution in [-0.4, -0.2) is 81.6 Å². The van der Waals surface area contributed by atoms with Gasteiger partial charge in [-0.2, -0.15) is 13.0 Å². The highest BCUT2D eigenvalue weighted by atomic mass is 32.2. The van der Waals surface area contributed by atoms with Crippen molar-refractivity contribution in [3.63, 3.8) is 0 Å². The molecule has 0 unspecified atom stereocenters. The number of fused-ring (bicyclic) bond motifs is 6. The number of rotatable bonds is 21. The Balaban J connectivity index is 1.31. The molecule has 7 rings (SSSR count). The van der Waals surface area contributed by atoms with E-state index in [1.807, 2.05) is 30.3 Å². The molecule has 4 N–H and O–H groups in total. The number of unbranched alkanes of at least 4 members (excludes halogenated alkanes) is 2. The maximum atomic E-state index is 13.2. The molecule has 2 aliphatic rings. The summed E-state index contributed by atoms with van der Waals surface area (Å²) in [6.07, 6.45) is 12.8. The summed E-state index contributed by atoms with van der Waals surface area (Å²) in [5.41, 5.74) is 7.22. The lowest BCUT2D eigenvalue weighted by molar-refractivity contribution is -0.437. The number of carboxylic acids is 1. The summed E-state index contributed by atoms with van der Waals surface area (Å²) in [7, 11) is -4.18. The summed E-state index contributed by atoms with van der Waals surface area (Å²) >= 11 is 1.02. The predicted molar refractivity (Wildman–Crippen MR) is 262 cm³/mol. The van der Waals surface area contributed by atoms with Gasteiger partial charge in [0.05, 0.1) is 22.4 Å². The molecule has 0 saturated carbocycles. The van der Waals surface area contributed by atoms with E-state index in [0.29, 0.717) is 62.3 Å². The van der Waals surface area contributed by atoms with Crippen molar-refractivity contribution < 1.29 is 46.9 Å². The number of aliphatic carboxylic acids is 1. The highest BCUT2D eigenvalue weighted by Crippen LogP contribution is 2.51. The van der Waals surface area contributed by atoms with Crippen molar-refractivity contribution in [2.45, 2.75) is 77.0 Å². The molecule has 0 saturated heterocycles. The average Bonchev–Trinajstić information content (AvgIpc) is 3.65. The van der Waals surface area contributed by atoms with Crippen LogP contribution in [0.2, 0.25) is 0 Å². The van der Waals surface area contributed by atoms with E-state index in [4.69, 9.17) is 15.3 Å². The summed E-state index contributed by atoms with van der Waals surface area (Å²) in [6, 6.07) is 28.7. The molecule has 0 fully saturated rings. The van der Waals surface area contributed by atoms with Crippen LogP contribution in [0.3, 0.4) is 0 Å². The minimum absolute atomic E-state index is 0.0994. The SMILES string of the molecule is CC1(C)C(/C=C/C(=C/C=C2/N(CCCSOOO)c3ccc4ccccc4c3C2(C)C)c2ccc(C(=O)NCCCCCC(=O)O)cn2)=[N+](CCCS(=O)(=O)O)c2ccc3ccccc3c21. The number of hydrogen-bond donors (Lipinski definition) is 4. The quantitative estimate of drug-likeness (QED) is 0.0104. The summed E-state index contributed by atoms with van der Waals surface area (Å²) in [5, 5.41) is 28.9. The van der Waals surface area contributed by atoms with Gasteiger partial charge in [-0.1, -0.05) is 86.0 Å². The molecule has 13 nitrogen and oxygen atoms in total. The lowest BCUT2D eigenvalue weighted by Gasteiger charge is -2.27. The number of carbonyl (C=O) groups is 2. The highest BCUT2D eigenvalue weighted by molar-refractivity contribution is 7.94. The molecule has 0 aliphatic carbocycles. The van der Waals surface area contributed by atoms with Crippen LogP contribution in [0, 0.1) is 0 Å². The first-order valence-electron chi connectivity index (χ1n) is 22.2. The molecule has 1 aromatic heterocycles. The van der Waals surface area contributed by atoms with Crippen molar-refractivity contribution in [3.8, 4) is 0 Å². The summed E-state index contributed by atoms with van der Waals surface area (Å²) in [4.78, 5) is 31.2. The first-order chi connectivity index (χ1) is 31.6. The van der Waals surface area contributed by atoms with E-state index in [1.54, 1.807) is 12.3 Å².